The van der Waals surface area contributed by atoms with E-state index in [1.165, 1.54) is 11.1 Å². The summed E-state index contributed by atoms with van der Waals surface area (Å²) in [6, 6.07) is 27.0. The van der Waals surface area contributed by atoms with Crippen molar-refractivity contribution in [1.82, 2.24) is 19.6 Å². The standard InChI is InChI=1S/C32H38N4O2/c1-24-9-11-26(12-10-24)27-13-15-28(16-14-27)31(37)33(2)30-18-20-36(23-30)32(38)34(3)29-17-19-35(22-29)21-25-7-5-4-6-8-25/h4-16,29-30H,17-23H2,1-3H3. The second kappa shape index (κ2) is 11.4. The predicted octanol–water partition coefficient (Wildman–Crippen LogP) is 5.13. The number of urea groups is 1. The molecule has 0 bridgehead atoms. The fourth-order valence-corrected chi connectivity index (χ4v) is 5.65. The van der Waals surface area contributed by atoms with Gasteiger partial charge in [-0.1, -0.05) is 72.3 Å². The molecule has 6 nitrogen and oxygen atoms in total. The molecule has 0 radical (unpaired) electrons. The van der Waals surface area contributed by atoms with Crippen molar-refractivity contribution in [3.63, 3.8) is 0 Å². The Morgan fingerprint density at radius 2 is 1.37 bits per heavy atom. The van der Waals surface area contributed by atoms with E-state index in [1.807, 2.05) is 59.1 Å². The predicted molar refractivity (Wildman–Crippen MR) is 152 cm³/mol. The van der Waals surface area contributed by atoms with E-state index in [4.69, 9.17) is 0 Å². The van der Waals surface area contributed by atoms with Crippen LogP contribution < -0.4 is 0 Å². The van der Waals surface area contributed by atoms with E-state index in [-0.39, 0.29) is 24.0 Å². The summed E-state index contributed by atoms with van der Waals surface area (Å²) < 4.78 is 0. The average molecular weight is 511 g/mol. The number of nitrogens with zero attached hydrogens (tertiary/aromatic N) is 4. The van der Waals surface area contributed by atoms with Gasteiger partial charge in [0, 0.05) is 58.4 Å². The highest BCUT2D eigenvalue weighted by atomic mass is 16.2. The van der Waals surface area contributed by atoms with Crippen LogP contribution in [0.5, 0.6) is 0 Å². The largest absolute Gasteiger partial charge is 0.337 e. The molecule has 2 atom stereocenters. The van der Waals surface area contributed by atoms with Gasteiger partial charge in [0.2, 0.25) is 0 Å². The molecule has 3 amide bonds. The van der Waals surface area contributed by atoms with Crippen molar-refractivity contribution in [2.45, 2.75) is 38.4 Å². The van der Waals surface area contributed by atoms with Crippen LogP contribution in [0.25, 0.3) is 11.1 Å². The second-order valence-electron chi connectivity index (χ2n) is 10.8. The quantitative estimate of drug-likeness (QED) is 0.462. The van der Waals surface area contributed by atoms with E-state index in [9.17, 15) is 9.59 Å². The number of hydrogen-bond acceptors (Lipinski definition) is 3. The molecule has 0 N–H and O–H groups in total. The molecule has 0 saturated carbocycles. The van der Waals surface area contributed by atoms with Crippen LogP contribution in [0.1, 0.15) is 34.3 Å². The highest BCUT2D eigenvalue weighted by Gasteiger charge is 2.35. The molecule has 2 heterocycles. The van der Waals surface area contributed by atoms with Crippen LogP contribution in [-0.4, -0.2) is 83.9 Å². The molecule has 2 unspecified atom stereocenters. The van der Waals surface area contributed by atoms with Gasteiger partial charge in [-0.3, -0.25) is 9.69 Å². The first-order valence-corrected chi connectivity index (χ1v) is 13.6. The lowest BCUT2D eigenvalue weighted by atomic mass is 10.0. The van der Waals surface area contributed by atoms with Crippen LogP contribution in [0.15, 0.2) is 78.9 Å². The molecule has 198 valence electrons. The first kappa shape index (κ1) is 26.0. The highest BCUT2D eigenvalue weighted by molar-refractivity contribution is 5.95. The summed E-state index contributed by atoms with van der Waals surface area (Å²) in [5.41, 5.74) is 5.45. The van der Waals surface area contributed by atoms with Gasteiger partial charge < -0.3 is 14.7 Å². The lowest BCUT2D eigenvalue weighted by molar-refractivity contribution is 0.0734. The molecule has 0 aliphatic carbocycles. The molecule has 2 aliphatic rings. The van der Waals surface area contributed by atoms with Gasteiger partial charge >= 0.3 is 6.03 Å². The van der Waals surface area contributed by atoms with E-state index < -0.39 is 0 Å². The molecular formula is C32H38N4O2. The van der Waals surface area contributed by atoms with Crippen LogP contribution >= 0.6 is 0 Å². The Hall–Kier alpha value is -3.64. The molecule has 3 aromatic carbocycles. The first-order valence-electron chi connectivity index (χ1n) is 13.6. The third kappa shape index (κ3) is 5.76. The number of amides is 3. The number of rotatable bonds is 6. The van der Waals surface area contributed by atoms with Crippen LogP contribution in [0.3, 0.4) is 0 Å². The number of hydrogen-bond donors (Lipinski definition) is 0. The molecule has 0 spiro atoms. The summed E-state index contributed by atoms with van der Waals surface area (Å²) in [5.74, 6) is 0.000423. The van der Waals surface area contributed by atoms with Crippen molar-refractivity contribution in [3.05, 3.63) is 95.6 Å². The summed E-state index contributed by atoms with van der Waals surface area (Å²) in [4.78, 5) is 34.6. The molecule has 2 saturated heterocycles. The Labute approximate surface area is 226 Å². The first-order chi connectivity index (χ1) is 18.4. The zero-order valence-corrected chi connectivity index (χ0v) is 22.7. The summed E-state index contributed by atoms with van der Waals surface area (Å²) in [7, 11) is 3.79. The Morgan fingerprint density at radius 3 is 2.05 bits per heavy atom. The normalized spacial score (nSPS) is 19.5. The molecule has 3 aromatic rings. The van der Waals surface area contributed by atoms with E-state index in [0.29, 0.717) is 18.7 Å². The van der Waals surface area contributed by atoms with Crippen molar-refractivity contribution < 1.29 is 9.59 Å². The smallest absolute Gasteiger partial charge is 0.320 e. The maximum Gasteiger partial charge on any atom is 0.320 e. The van der Waals surface area contributed by atoms with E-state index in [1.54, 1.807) is 0 Å². The average Bonchev–Trinajstić information content (AvgIpc) is 3.63. The zero-order chi connectivity index (χ0) is 26.6. The third-order valence-electron chi connectivity index (χ3n) is 8.16. The SMILES string of the molecule is Cc1ccc(-c2ccc(C(=O)N(C)C3CCN(C(=O)N(C)C4CCN(Cc5ccccc5)C4)C3)cc2)cc1. The van der Waals surface area contributed by atoms with Crippen molar-refractivity contribution in [2.24, 2.45) is 0 Å². The maximum atomic E-state index is 13.3. The third-order valence-corrected chi connectivity index (χ3v) is 8.16. The number of carbonyl (C=O) groups is 2. The molecular weight excluding hydrogens is 472 g/mol. The highest BCUT2D eigenvalue weighted by Crippen LogP contribution is 2.24. The molecule has 38 heavy (non-hydrogen) atoms. The summed E-state index contributed by atoms with van der Waals surface area (Å²) >= 11 is 0. The fraction of sp³-hybridized carbons (Fsp3) is 0.375. The fourth-order valence-electron chi connectivity index (χ4n) is 5.65. The Balaban J connectivity index is 1.14. The van der Waals surface area contributed by atoms with E-state index in [0.717, 1.165) is 43.6 Å². The topological polar surface area (TPSA) is 47.1 Å². The van der Waals surface area contributed by atoms with Gasteiger partial charge in [0.05, 0.1) is 6.04 Å². The Morgan fingerprint density at radius 1 is 0.763 bits per heavy atom. The Kier molecular flexibility index (Phi) is 7.79. The lowest BCUT2D eigenvalue weighted by Gasteiger charge is -2.30. The minimum Gasteiger partial charge on any atom is -0.337 e. The second-order valence-corrected chi connectivity index (χ2v) is 10.8. The lowest BCUT2D eigenvalue weighted by Crippen LogP contribution is -2.47. The number of aryl methyl sites for hydroxylation is 1. The molecule has 0 aromatic heterocycles. The van der Waals surface area contributed by atoms with Gasteiger partial charge in [0.25, 0.3) is 5.91 Å². The summed E-state index contributed by atoms with van der Waals surface area (Å²) in [5, 5.41) is 0. The van der Waals surface area contributed by atoms with Gasteiger partial charge in [0.1, 0.15) is 0 Å². The number of carbonyl (C=O) groups excluding carboxylic acids is 2. The van der Waals surface area contributed by atoms with Crippen molar-refractivity contribution in [1.29, 1.82) is 0 Å². The van der Waals surface area contributed by atoms with Crippen LogP contribution in [0.4, 0.5) is 4.79 Å². The molecule has 5 rings (SSSR count). The number of likely N-dealkylation sites (tertiary alicyclic amines) is 2. The van der Waals surface area contributed by atoms with E-state index in [2.05, 4.69) is 60.4 Å². The van der Waals surface area contributed by atoms with Gasteiger partial charge in [0.15, 0.2) is 0 Å². The van der Waals surface area contributed by atoms with E-state index >= 15 is 0 Å². The minimum atomic E-state index is 0.000423. The summed E-state index contributed by atoms with van der Waals surface area (Å²) in [6.45, 7) is 6.15. The molecule has 2 fully saturated rings. The number of likely N-dealkylation sites (N-methyl/N-ethyl adjacent to an activating group) is 2. The summed E-state index contributed by atoms with van der Waals surface area (Å²) in [6.07, 6.45) is 1.79. The van der Waals surface area contributed by atoms with Gasteiger partial charge in [-0.25, -0.2) is 4.79 Å². The monoisotopic (exact) mass is 510 g/mol. The number of benzene rings is 3. The Bertz CT molecular complexity index is 1240. The maximum absolute atomic E-state index is 13.3. The van der Waals surface area contributed by atoms with Gasteiger partial charge in [-0.15, -0.1) is 0 Å². The van der Waals surface area contributed by atoms with Gasteiger partial charge in [-0.2, -0.15) is 0 Å². The van der Waals surface area contributed by atoms with Gasteiger partial charge in [-0.05, 0) is 48.6 Å². The van der Waals surface area contributed by atoms with Crippen molar-refractivity contribution in [2.75, 3.05) is 40.3 Å². The zero-order valence-electron chi connectivity index (χ0n) is 22.7. The van der Waals surface area contributed by atoms with Crippen LogP contribution in [-0.2, 0) is 6.54 Å². The van der Waals surface area contributed by atoms with Crippen molar-refractivity contribution in [3.8, 4) is 11.1 Å². The molecule has 6 heteroatoms. The van der Waals surface area contributed by atoms with Crippen LogP contribution in [0.2, 0.25) is 0 Å². The van der Waals surface area contributed by atoms with Crippen molar-refractivity contribution >= 4 is 11.9 Å². The van der Waals surface area contributed by atoms with Crippen LogP contribution in [0, 0.1) is 6.92 Å². The minimum absolute atomic E-state index is 0.000423. The molecule has 2 aliphatic heterocycles.